The van der Waals surface area contributed by atoms with Gasteiger partial charge in [0.25, 0.3) is 23.6 Å². The monoisotopic (exact) mass is 475 g/mol. The quantitative estimate of drug-likeness (QED) is 0.616. The molecule has 2 fully saturated rings. The normalized spacial score (nSPS) is 16.1. The third-order valence-corrected chi connectivity index (χ3v) is 4.41. The maximum atomic E-state index is 12.6. The Morgan fingerprint density at radius 3 is 1.47 bits per heavy atom. The molecule has 13 nitrogen and oxygen atoms in total. The van der Waals surface area contributed by atoms with Crippen molar-refractivity contribution in [3.8, 4) is 0 Å². The number of nitrogens with zero attached hydrogens (tertiary/aromatic N) is 2. The summed E-state index contributed by atoms with van der Waals surface area (Å²) >= 11 is 0. The molecule has 1 N–H and O–H groups in total. The molecule has 34 heavy (non-hydrogen) atoms. The Hall–Kier alpha value is -4.29. The summed E-state index contributed by atoms with van der Waals surface area (Å²) < 4.78 is 5.14. The zero-order valence-corrected chi connectivity index (χ0v) is 18.5. The van der Waals surface area contributed by atoms with Crippen molar-refractivity contribution in [2.75, 3.05) is 5.32 Å². The van der Waals surface area contributed by atoms with E-state index < -0.39 is 47.3 Å². The van der Waals surface area contributed by atoms with Gasteiger partial charge in [0, 0.05) is 31.4 Å². The standard InChI is InChI=1S/C21H21N3O10/c1-21(2,3)32-20(31)22-13-9-11(18(29)33-23-14(25)4-5-15(23)26)8-12(10-13)19(30)34-24-16(27)6-7-17(24)28/h8-10H,4-7H2,1-3H3,(H,22,31). The fraction of sp³-hybridized carbons (Fsp3) is 0.381. The van der Waals surface area contributed by atoms with Gasteiger partial charge in [-0.3, -0.25) is 24.5 Å². The predicted molar refractivity (Wildman–Crippen MR) is 109 cm³/mol. The molecule has 1 aromatic rings. The van der Waals surface area contributed by atoms with Crippen molar-refractivity contribution in [2.24, 2.45) is 0 Å². The second-order valence-electron chi connectivity index (χ2n) is 8.35. The van der Waals surface area contributed by atoms with E-state index in [4.69, 9.17) is 14.4 Å². The van der Waals surface area contributed by atoms with Crippen LogP contribution in [-0.4, -0.2) is 57.4 Å². The lowest BCUT2D eigenvalue weighted by atomic mass is 10.1. The van der Waals surface area contributed by atoms with Crippen LogP contribution in [0, 0.1) is 0 Å². The van der Waals surface area contributed by atoms with Crippen LogP contribution in [0.25, 0.3) is 0 Å². The number of rotatable bonds is 5. The van der Waals surface area contributed by atoms with E-state index in [1.54, 1.807) is 20.8 Å². The fourth-order valence-corrected chi connectivity index (χ4v) is 2.94. The van der Waals surface area contributed by atoms with E-state index in [-0.39, 0.29) is 42.5 Å². The van der Waals surface area contributed by atoms with Gasteiger partial charge in [-0.25, -0.2) is 14.4 Å². The Morgan fingerprint density at radius 2 is 1.12 bits per heavy atom. The molecule has 1 aromatic carbocycles. The number of benzene rings is 1. The van der Waals surface area contributed by atoms with Gasteiger partial charge in [-0.15, -0.1) is 10.1 Å². The summed E-state index contributed by atoms with van der Waals surface area (Å²) in [5.74, 6) is -5.23. The number of ether oxygens (including phenoxy) is 1. The molecule has 5 amide bonds. The molecule has 2 aliphatic rings. The van der Waals surface area contributed by atoms with Crippen molar-refractivity contribution in [1.29, 1.82) is 0 Å². The zero-order chi connectivity index (χ0) is 25.2. The average Bonchev–Trinajstić information content (AvgIpc) is 3.22. The predicted octanol–water partition coefficient (Wildman–Crippen LogP) is 1.48. The van der Waals surface area contributed by atoms with Crippen LogP contribution in [0.1, 0.15) is 67.2 Å². The number of hydrogen-bond donors (Lipinski definition) is 1. The fourth-order valence-electron chi connectivity index (χ4n) is 2.94. The highest BCUT2D eigenvalue weighted by Gasteiger charge is 2.35. The second-order valence-corrected chi connectivity index (χ2v) is 8.35. The Labute approximate surface area is 192 Å². The number of carbonyl (C=O) groups is 7. The molecule has 0 spiro atoms. The van der Waals surface area contributed by atoms with Crippen molar-refractivity contribution in [3.05, 3.63) is 29.3 Å². The SMILES string of the molecule is CC(C)(C)OC(=O)Nc1cc(C(=O)ON2C(=O)CCC2=O)cc(C(=O)ON2C(=O)CCC2=O)c1. The summed E-state index contributed by atoms with van der Waals surface area (Å²) in [5.41, 5.74) is -1.64. The summed E-state index contributed by atoms with van der Waals surface area (Å²) in [6.07, 6.45) is -1.40. The van der Waals surface area contributed by atoms with Gasteiger partial charge >= 0.3 is 18.0 Å². The van der Waals surface area contributed by atoms with Gasteiger partial charge in [0.2, 0.25) is 0 Å². The van der Waals surface area contributed by atoms with Crippen LogP contribution in [0.3, 0.4) is 0 Å². The van der Waals surface area contributed by atoms with Gasteiger partial charge in [0.1, 0.15) is 5.60 Å². The largest absolute Gasteiger partial charge is 0.444 e. The Balaban J connectivity index is 1.88. The summed E-state index contributed by atoms with van der Waals surface area (Å²) in [5, 5.41) is 2.97. The first kappa shape index (κ1) is 24.4. The molecule has 0 radical (unpaired) electrons. The van der Waals surface area contributed by atoms with Crippen LogP contribution in [0.4, 0.5) is 10.5 Å². The molecule has 2 heterocycles. The number of nitrogens with one attached hydrogen (secondary N) is 1. The first-order valence-electron chi connectivity index (χ1n) is 10.2. The molecular weight excluding hydrogens is 454 g/mol. The van der Waals surface area contributed by atoms with Crippen molar-refractivity contribution < 1.29 is 48.0 Å². The molecule has 3 rings (SSSR count). The van der Waals surface area contributed by atoms with Gasteiger partial charge < -0.3 is 14.4 Å². The molecule has 2 aliphatic heterocycles. The van der Waals surface area contributed by atoms with Gasteiger partial charge in [0.05, 0.1) is 11.1 Å². The minimum absolute atomic E-state index is 0.103. The number of carbonyl (C=O) groups excluding carboxylic acids is 7. The van der Waals surface area contributed by atoms with E-state index in [1.165, 1.54) is 0 Å². The van der Waals surface area contributed by atoms with E-state index in [0.717, 1.165) is 18.2 Å². The minimum Gasteiger partial charge on any atom is -0.444 e. The van der Waals surface area contributed by atoms with E-state index in [2.05, 4.69) is 5.32 Å². The van der Waals surface area contributed by atoms with Gasteiger partial charge in [0.15, 0.2) is 0 Å². The van der Waals surface area contributed by atoms with Crippen LogP contribution in [0.5, 0.6) is 0 Å². The van der Waals surface area contributed by atoms with Crippen LogP contribution >= 0.6 is 0 Å². The molecule has 0 bridgehead atoms. The van der Waals surface area contributed by atoms with Gasteiger partial charge in [-0.05, 0) is 39.0 Å². The average molecular weight is 475 g/mol. The van der Waals surface area contributed by atoms with Crippen molar-refractivity contribution in [2.45, 2.75) is 52.1 Å². The van der Waals surface area contributed by atoms with Crippen LogP contribution in [0.15, 0.2) is 18.2 Å². The Morgan fingerprint density at radius 1 is 0.735 bits per heavy atom. The van der Waals surface area contributed by atoms with Crippen molar-refractivity contribution >= 4 is 47.3 Å². The number of amides is 5. The van der Waals surface area contributed by atoms with E-state index >= 15 is 0 Å². The van der Waals surface area contributed by atoms with Crippen LogP contribution < -0.4 is 5.32 Å². The number of imide groups is 2. The number of anilines is 1. The molecule has 180 valence electrons. The molecule has 13 heteroatoms. The third-order valence-electron chi connectivity index (χ3n) is 4.41. The third kappa shape index (κ3) is 5.74. The van der Waals surface area contributed by atoms with Crippen LogP contribution in [0.2, 0.25) is 0 Å². The second kappa shape index (κ2) is 9.29. The highest BCUT2D eigenvalue weighted by Crippen LogP contribution is 2.22. The maximum absolute atomic E-state index is 12.6. The van der Waals surface area contributed by atoms with Gasteiger partial charge in [-0.1, -0.05) is 0 Å². The Kier molecular flexibility index (Phi) is 6.66. The molecule has 0 unspecified atom stereocenters. The highest BCUT2D eigenvalue weighted by atomic mass is 16.7. The van der Waals surface area contributed by atoms with E-state index in [9.17, 15) is 33.6 Å². The summed E-state index contributed by atoms with van der Waals surface area (Å²) in [4.78, 5) is 94.0. The lowest BCUT2D eigenvalue weighted by Crippen LogP contribution is -2.33. The van der Waals surface area contributed by atoms with Crippen molar-refractivity contribution in [1.82, 2.24) is 10.1 Å². The molecule has 0 atom stereocenters. The summed E-state index contributed by atoms with van der Waals surface area (Å²) in [6.45, 7) is 4.87. The van der Waals surface area contributed by atoms with E-state index in [1.807, 2.05) is 0 Å². The van der Waals surface area contributed by atoms with E-state index in [0.29, 0.717) is 10.1 Å². The zero-order valence-electron chi connectivity index (χ0n) is 18.5. The number of hydrogen-bond acceptors (Lipinski definition) is 10. The number of hydroxylamine groups is 4. The minimum atomic E-state index is -1.18. The maximum Gasteiger partial charge on any atom is 0.412 e. The highest BCUT2D eigenvalue weighted by molar-refractivity contribution is 6.05. The van der Waals surface area contributed by atoms with Crippen LogP contribution in [-0.2, 0) is 33.6 Å². The molecule has 0 aromatic heterocycles. The summed E-state index contributed by atoms with van der Waals surface area (Å²) in [6, 6.07) is 3.21. The topological polar surface area (TPSA) is 166 Å². The molecule has 0 saturated carbocycles. The Bertz CT molecular complexity index is 1000. The van der Waals surface area contributed by atoms with Gasteiger partial charge in [-0.2, -0.15) is 0 Å². The molecular formula is C21H21N3O10. The first-order valence-corrected chi connectivity index (χ1v) is 10.2. The lowest BCUT2D eigenvalue weighted by molar-refractivity contribution is -0.173. The smallest absolute Gasteiger partial charge is 0.412 e. The van der Waals surface area contributed by atoms with Crippen molar-refractivity contribution in [3.63, 3.8) is 0 Å². The molecule has 2 saturated heterocycles. The lowest BCUT2D eigenvalue weighted by Gasteiger charge is -2.20. The first-order chi connectivity index (χ1) is 15.8. The summed E-state index contributed by atoms with van der Waals surface area (Å²) in [7, 11) is 0. The molecule has 0 aliphatic carbocycles.